The van der Waals surface area contributed by atoms with Gasteiger partial charge in [-0.2, -0.15) is 0 Å². The highest BCUT2D eigenvalue weighted by Gasteiger charge is 2.17. The lowest BCUT2D eigenvalue weighted by Crippen LogP contribution is -2.38. The van der Waals surface area contributed by atoms with Crippen molar-refractivity contribution in [1.82, 2.24) is 9.88 Å². The van der Waals surface area contributed by atoms with Crippen molar-refractivity contribution in [2.24, 2.45) is 0 Å². The van der Waals surface area contributed by atoms with Crippen molar-refractivity contribution >= 4 is 28.3 Å². The van der Waals surface area contributed by atoms with Crippen LogP contribution in [0.5, 0.6) is 0 Å². The number of nitrogens with zero attached hydrogens (tertiary/aromatic N) is 2. The van der Waals surface area contributed by atoms with E-state index in [0.717, 1.165) is 24.1 Å². The van der Waals surface area contributed by atoms with Crippen LogP contribution >= 0.6 is 11.3 Å². The number of rotatable bonds is 9. The number of hydrogen-bond donors (Lipinski definition) is 1. The number of benzene rings is 1. The summed E-state index contributed by atoms with van der Waals surface area (Å²) in [6.45, 7) is 4.64. The fourth-order valence-electron chi connectivity index (χ4n) is 2.44. The number of amides is 2. The second-order valence-corrected chi connectivity index (χ2v) is 6.85. The highest BCUT2D eigenvalue weighted by atomic mass is 32.1. The van der Waals surface area contributed by atoms with Crippen LogP contribution in [0.4, 0.5) is 5.13 Å². The second kappa shape index (κ2) is 9.93. The third-order valence-electron chi connectivity index (χ3n) is 3.80. The van der Waals surface area contributed by atoms with E-state index in [2.05, 4.69) is 17.2 Å². The van der Waals surface area contributed by atoms with Crippen molar-refractivity contribution in [3.8, 4) is 0 Å². The number of hydrogen-bond acceptors (Lipinski definition) is 4. The molecule has 0 bridgehead atoms. The molecule has 2 aromatic rings. The van der Waals surface area contributed by atoms with E-state index < -0.39 is 0 Å². The van der Waals surface area contributed by atoms with Crippen LogP contribution in [0, 0.1) is 6.92 Å². The molecule has 0 saturated heterocycles. The lowest BCUT2D eigenvalue weighted by Gasteiger charge is -2.22. The lowest BCUT2D eigenvalue weighted by molar-refractivity contribution is -0.134. The Bertz CT molecular complexity index is 685. The molecule has 5 nitrogen and oxygen atoms in total. The molecule has 134 valence electrons. The van der Waals surface area contributed by atoms with Gasteiger partial charge in [-0.15, -0.1) is 11.3 Å². The summed E-state index contributed by atoms with van der Waals surface area (Å²) >= 11 is 1.39. The topological polar surface area (TPSA) is 62.3 Å². The molecule has 0 aliphatic heterocycles. The first kappa shape index (κ1) is 19.1. The van der Waals surface area contributed by atoms with Crippen molar-refractivity contribution in [2.45, 2.75) is 39.5 Å². The summed E-state index contributed by atoms with van der Waals surface area (Å²) in [7, 11) is 0. The molecule has 0 unspecified atom stereocenters. The van der Waals surface area contributed by atoms with E-state index >= 15 is 0 Å². The average Bonchev–Trinajstić information content (AvgIpc) is 3.02. The molecule has 25 heavy (non-hydrogen) atoms. The first-order valence-electron chi connectivity index (χ1n) is 8.62. The fourth-order valence-corrected chi connectivity index (χ4v) is 3.14. The van der Waals surface area contributed by atoms with Gasteiger partial charge in [0.15, 0.2) is 5.13 Å². The van der Waals surface area contributed by atoms with Crippen LogP contribution in [0.25, 0.3) is 0 Å². The van der Waals surface area contributed by atoms with Gasteiger partial charge < -0.3 is 10.2 Å². The maximum absolute atomic E-state index is 12.5. The molecule has 0 atom stereocenters. The molecular formula is C19H25N3O2S. The van der Waals surface area contributed by atoms with Gasteiger partial charge in [-0.05, 0) is 25.3 Å². The number of aryl methyl sites for hydroxylation is 2. The minimum Gasteiger partial charge on any atom is -0.333 e. The number of unbranched alkanes of at least 4 members (excludes halogenated alkanes) is 1. The van der Waals surface area contributed by atoms with Crippen molar-refractivity contribution in [3.05, 3.63) is 47.0 Å². The molecular weight excluding hydrogens is 334 g/mol. The summed E-state index contributed by atoms with van der Waals surface area (Å²) in [4.78, 5) is 30.7. The Morgan fingerprint density at radius 3 is 2.64 bits per heavy atom. The van der Waals surface area contributed by atoms with Crippen molar-refractivity contribution in [1.29, 1.82) is 0 Å². The van der Waals surface area contributed by atoms with E-state index in [4.69, 9.17) is 0 Å². The van der Waals surface area contributed by atoms with Crippen molar-refractivity contribution in [2.75, 3.05) is 18.4 Å². The molecule has 0 fully saturated rings. The predicted octanol–water partition coefficient (Wildman–Crippen LogP) is 3.65. The van der Waals surface area contributed by atoms with Crippen LogP contribution in [0.2, 0.25) is 0 Å². The first-order valence-corrected chi connectivity index (χ1v) is 9.50. The van der Waals surface area contributed by atoms with Gasteiger partial charge in [-0.25, -0.2) is 4.98 Å². The molecule has 0 spiro atoms. The van der Waals surface area contributed by atoms with E-state index in [9.17, 15) is 9.59 Å². The molecule has 1 aromatic heterocycles. The SMILES string of the molecule is CCCCN(CC(=O)Nc1nc(C)cs1)C(=O)CCc1ccccc1. The summed E-state index contributed by atoms with van der Waals surface area (Å²) in [5.74, 6) is -0.179. The minimum atomic E-state index is -0.196. The van der Waals surface area contributed by atoms with Gasteiger partial charge in [-0.3, -0.25) is 9.59 Å². The first-order chi connectivity index (χ1) is 12.1. The average molecular weight is 359 g/mol. The van der Waals surface area contributed by atoms with Gasteiger partial charge in [0.1, 0.15) is 0 Å². The summed E-state index contributed by atoms with van der Waals surface area (Å²) in [5.41, 5.74) is 2.01. The van der Waals surface area contributed by atoms with Crippen LogP contribution in [-0.4, -0.2) is 34.8 Å². The number of anilines is 1. The molecule has 0 aliphatic rings. The summed E-state index contributed by atoms with van der Waals surface area (Å²) in [6, 6.07) is 9.93. The van der Waals surface area contributed by atoms with Crippen LogP contribution in [0.3, 0.4) is 0 Å². The Hall–Kier alpha value is -2.21. The Morgan fingerprint density at radius 1 is 1.24 bits per heavy atom. The maximum atomic E-state index is 12.5. The molecule has 1 aromatic carbocycles. The standard InChI is InChI=1S/C19H25N3O2S/c1-3-4-12-22(13-17(23)21-19-20-15(2)14-25-19)18(24)11-10-16-8-6-5-7-9-16/h5-9,14H,3-4,10-13H2,1-2H3,(H,20,21,23). The van der Waals surface area contributed by atoms with Crippen molar-refractivity contribution < 1.29 is 9.59 Å². The molecule has 1 heterocycles. The van der Waals surface area contributed by atoms with Crippen LogP contribution in [0.15, 0.2) is 35.7 Å². The van der Waals surface area contributed by atoms with Gasteiger partial charge in [0, 0.05) is 18.3 Å². The van der Waals surface area contributed by atoms with Crippen LogP contribution in [-0.2, 0) is 16.0 Å². The van der Waals surface area contributed by atoms with Gasteiger partial charge in [-0.1, -0.05) is 43.7 Å². The molecule has 1 N–H and O–H groups in total. The fraction of sp³-hybridized carbons (Fsp3) is 0.421. The molecule has 0 aliphatic carbocycles. The smallest absolute Gasteiger partial charge is 0.245 e. The highest BCUT2D eigenvalue weighted by Crippen LogP contribution is 2.14. The normalized spacial score (nSPS) is 10.5. The zero-order valence-corrected chi connectivity index (χ0v) is 15.6. The molecule has 6 heteroatoms. The third-order valence-corrected chi connectivity index (χ3v) is 4.68. The number of carbonyl (C=O) groups is 2. The molecule has 0 radical (unpaired) electrons. The number of aromatic nitrogens is 1. The van der Waals surface area contributed by atoms with Gasteiger partial charge >= 0.3 is 0 Å². The number of carbonyl (C=O) groups excluding carboxylic acids is 2. The summed E-state index contributed by atoms with van der Waals surface area (Å²) < 4.78 is 0. The van der Waals surface area contributed by atoms with E-state index in [1.165, 1.54) is 11.3 Å². The quantitative estimate of drug-likeness (QED) is 0.743. The predicted molar refractivity (Wildman–Crippen MR) is 102 cm³/mol. The largest absolute Gasteiger partial charge is 0.333 e. The third kappa shape index (κ3) is 6.66. The second-order valence-electron chi connectivity index (χ2n) is 6.00. The summed E-state index contributed by atoms with van der Waals surface area (Å²) in [5, 5.41) is 5.24. The van der Waals surface area contributed by atoms with Gasteiger partial charge in [0.05, 0.1) is 12.2 Å². The van der Waals surface area contributed by atoms with E-state index in [-0.39, 0.29) is 18.4 Å². The Morgan fingerprint density at radius 2 is 2.00 bits per heavy atom. The zero-order chi connectivity index (χ0) is 18.1. The van der Waals surface area contributed by atoms with Crippen LogP contribution in [0.1, 0.15) is 37.4 Å². The maximum Gasteiger partial charge on any atom is 0.245 e. The molecule has 2 rings (SSSR count). The van der Waals surface area contributed by atoms with Gasteiger partial charge in [0.2, 0.25) is 11.8 Å². The highest BCUT2D eigenvalue weighted by molar-refractivity contribution is 7.13. The Balaban J connectivity index is 1.89. The zero-order valence-electron chi connectivity index (χ0n) is 14.8. The minimum absolute atomic E-state index is 0.0165. The van der Waals surface area contributed by atoms with Crippen LogP contribution < -0.4 is 5.32 Å². The van der Waals surface area contributed by atoms with Crippen molar-refractivity contribution in [3.63, 3.8) is 0 Å². The number of nitrogens with one attached hydrogen (secondary N) is 1. The Labute approximate surface area is 153 Å². The van der Waals surface area contributed by atoms with E-state index in [1.807, 2.05) is 42.6 Å². The molecule has 2 amide bonds. The Kier molecular flexibility index (Phi) is 7.60. The number of thiazole rings is 1. The molecule has 0 saturated carbocycles. The van der Waals surface area contributed by atoms with E-state index in [1.54, 1.807) is 4.90 Å². The van der Waals surface area contributed by atoms with Gasteiger partial charge in [0.25, 0.3) is 0 Å². The summed E-state index contributed by atoms with van der Waals surface area (Å²) in [6.07, 6.45) is 2.98. The van der Waals surface area contributed by atoms with E-state index in [0.29, 0.717) is 24.5 Å². The lowest BCUT2D eigenvalue weighted by atomic mass is 10.1. The monoisotopic (exact) mass is 359 g/mol.